The number of hydrogen-bond acceptors (Lipinski definition) is 3. The number of benzene rings is 3. The van der Waals surface area contributed by atoms with Crippen molar-refractivity contribution in [3.8, 4) is 0 Å². The summed E-state index contributed by atoms with van der Waals surface area (Å²) >= 11 is 0. The van der Waals surface area contributed by atoms with Crippen molar-refractivity contribution in [1.82, 2.24) is 0 Å². The first-order valence-corrected chi connectivity index (χ1v) is 9.81. The molecule has 0 spiro atoms. The minimum atomic E-state index is -2.85. The van der Waals surface area contributed by atoms with Crippen molar-refractivity contribution in [3.05, 3.63) is 96.6 Å². The third-order valence-corrected chi connectivity index (χ3v) is 6.46. The van der Waals surface area contributed by atoms with E-state index in [2.05, 4.69) is 4.36 Å². The first-order valence-electron chi connectivity index (χ1n) is 8.12. The fraction of sp³-hybridized carbons (Fsp3) is 0.143. The Hall–Kier alpha value is -2.43. The quantitative estimate of drug-likeness (QED) is 0.721. The summed E-state index contributed by atoms with van der Waals surface area (Å²) in [4.78, 5) is 0.620. The van der Waals surface area contributed by atoms with Gasteiger partial charge in [0.25, 0.3) is 0 Å². The molecular weight excluding hydrogens is 330 g/mol. The SMILES string of the molecule is CC(O)(C[S@@](=O)(=Nc1ccccc1)c1ccccc1)c1ccccc1. The summed E-state index contributed by atoms with van der Waals surface area (Å²) in [6.45, 7) is 1.69. The molecule has 2 atom stereocenters. The third kappa shape index (κ3) is 4.16. The minimum absolute atomic E-state index is 0.0168. The third-order valence-electron chi connectivity index (χ3n) is 3.99. The van der Waals surface area contributed by atoms with Crippen molar-refractivity contribution in [2.75, 3.05) is 5.75 Å². The van der Waals surface area contributed by atoms with E-state index in [1.807, 2.05) is 78.9 Å². The summed E-state index contributed by atoms with van der Waals surface area (Å²) in [6.07, 6.45) is 0. The number of aliphatic hydroxyl groups is 1. The van der Waals surface area contributed by atoms with E-state index in [-0.39, 0.29) is 5.75 Å². The molecule has 0 bridgehead atoms. The molecule has 0 saturated carbocycles. The number of rotatable bonds is 5. The zero-order valence-corrected chi connectivity index (χ0v) is 14.9. The van der Waals surface area contributed by atoms with Gasteiger partial charge in [-0.25, -0.2) is 4.21 Å². The Labute approximate surface area is 149 Å². The van der Waals surface area contributed by atoms with Gasteiger partial charge in [-0.05, 0) is 36.8 Å². The molecule has 25 heavy (non-hydrogen) atoms. The van der Waals surface area contributed by atoms with Crippen LogP contribution >= 0.6 is 0 Å². The number of nitrogens with zero attached hydrogens (tertiary/aromatic N) is 1. The monoisotopic (exact) mass is 351 g/mol. The van der Waals surface area contributed by atoms with Crippen LogP contribution < -0.4 is 0 Å². The predicted octanol–water partition coefficient (Wildman–Crippen LogP) is 4.75. The summed E-state index contributed by atoms with van der Waals surface area (Å²) in [5.41, 5.74) is 0.106. The van der Waals surface area contributed by atoms with Crippen LogP contribution in [0.15, 0.2) is 100 Å². The lowest BCUT2D eigenvalue weighted by Gasteiger charge is -2.26. The van der Waals surface area contributed by atoms with Crippen molar-refractivity contribution >= 4 is 15.4 Å². The smallest absolute Gasteiger partial charge is 0.0995 e. The topological polar surface area (TPSA) is 49.7 Å². The summed E-state index contributed by atoms with van der Waals surface area (Å²) < 4.78 is 18.4. The van der Waals surface area contributed by atoms with Crippen LogP contribution in [0, 0.1) is 0 Å². The van der Waals surface area contributed by atoms with Crippen molar-refractivity contribution in [1.29, 1.82) is 0 Å². The molecule has 3 aromatic carbocycles. The van der Waals surface area contributed by atoms with Gasteiger partial charge in [0.15, 0.2) is 0 Å². The summed E-state index contributed by atoms with van der Waals surface area (Å²) in [5, 5.41) is 11.0. The van der Waals surface area contributed by atoms with E-state index >= 15 is 0 Å². The molecule has 4 heteroatoms. The van der Waals surface area contributed by atoms with Crippen LogP contribution in [-0.2, 0) is 15.3 Å². The molecule has 0 heterocycles. The van der Waals surface area contributed by atoms with Crippen molar-refractivity contribution < 1.29 is 9.32 Å². The first kappa shape index (κ1) is 17.4. The highest BCUT2D eigenvalue weighted by Crippen LogP contribution is 2.29. The highest BCUT2D eigenvalue weighted by atomic mass is 32.2. The van der Waals surface area contributed by atoms with Crippen LogP contribution in [0.3, 0.4) is 0 Å². The van der Waals surface area contributed by atoms with Gasteiger partial charge in [0, 0.05) is 4.90 Å². The minimum Gasteiger partial charge on any atom is -0.384 e. The Balaban J connectivity index is 2.10. The Bertz CT molecular complexity index is 929. The van der Waals surface area contributed by atoms with E-state index in [9.17, 15) is 9.32 Å². The van der Waals surface area contributed by atoms with Gasteiger partial charge >= 0.3 is 0 Å². The molecule has 0 aliphatic carbocycles. The van der Waals surface area contributed by atoms with Gasteiger partial charge in [0.2, 0.25) is 0 Å². The van der Waals surface area contributed by atoms with E-state index in [0.29, 0.717) is 10.6 Å². The van der Waals surface area contributed by atoms with Crippen molar-refractivity contribution in [3.63, 3.8) is 0 Å². The molecule has 0 amide bonds. The molecule has 3 nitrogen and oxygen atoms in total. The molecule has 1 unspecified atom stereocenters. The second kappa shape index (κ2) is 7.21. The molecule has 0 aliphatic heterocycles. The van der Waals surface area contributed by atoms with Crippen molar-refractivity contribution in [2.24, 2.45) is 4.36 Å². The van der Waals surface area contributed by atoms with Gasteiger partial charge in [0.1, 0.15) is 0 Å². The lowest BCUT2D eigenvalue weighted by molar-refractivity contribution is 0.0826. The molecule has 1 N–H and O–H groups in total. The molecule has 0 fully saturated rings. The largest absolute Gasteiger partial charge is 0.384 e. The molecule has 0 aromatic heterocycles. The van der Waals surface area contributed by atoms with Crippen molar-refractivity contribution in [2.45, 2.75) is 17.4 Å². The fourth-order valence-corrected chi connectivity index (χ4v) is 5.03. The van der Waals surface area contributed by atoms with Crippen LogP contribution in [0.1, 0.15) is 12.5 Å². The Morgan fingerprint density at radius 2 is 1.32 bits per heavy atom. The summed E-state index contributed by atoms with van der Waals surface area (Å²) in [7, 11) is -2.85. The highest BCUT2D eigenvalue weighted by Gasteiger charge is 2.30. The normalized spacial score (nSPS) is 15.8. The first-order chi connectivity index (χ1) is 12.0. The van der Waals surface area contributed by atoms with E-state index < -0.39 is 15.3 Å². The second-order valence-electron chi connectivity index (χ2n) is 6.16. The van der Waals surface area contributed by atoms with Gasteiger partial charge in [-0.1, -0.05) is 66.7 Å². The van der Waals surface area contributed by atoms with Gasteiger partial charge in [0.05, 0.1) is 26.8 Å². The average molecular weight is 351 g/mol. The fourth-order valence-electron chi connectivity index (χ4n) is 2.72. The molecule has 128 valence electrons. The Morgan fingerprint density at radius 3 is 1.88 bits per heavy atom. The van der Waals surface area contributed by atoms with E-state index in [1.165, 1.54) is 0 Å². The standard InChI is InChI=1S/C21H21NO2S/c1-21(23,18-11-5-2-6-12-18)17-25(24,20-15-9-4-10-16-20)22-19-13-7-3-8-14-19/h2-16,23H,17H2,1H3/t21?,25-/m0/s1. The highest BCUT2D eigenvalue weighted by molar-refractivity contribution is 7.93. The van der Waals surface area contributed by atoms with Crippen LogP contribution in [0.25, 0.3) is 0 Å². The maximum absolute atomic E-state index is 13.8. The number of hydrogen-bond donors (Lipinski definition) is 1. The molecule has 0 radical (unpaired) electrons. The predicted molar refractivity (Wildman–Crippen MR) is 102 cm³/mol. The van der Waals surface area contributed by atoms with Crippen LogP contribution in [0.5, 0.6) is 0 Å². The lowest BCUT2D eigenvalue weighted by atomic mass is 9.99. The van der Waals surface area contributed by atoms with E-state index in [0.717, 1.165) is 5.56 Å². The Morgan fingerprint density at radius 1 is 0.840 bits per heavy atom. The van der Waals surface area contributed by atoms with E-state index in [4.69, 9.17) is 0 Å². The van der Waals surface area contributed by atoms with E-state index in [1.54, 1.807) is 19.1 Å². The second-order valence-corrected chi connectivity index (χ2v) is 8.39. The Kier molecular flexibility index (Phi) is 5.02. The molecule has 3 rings (SSSR count). The maximum Gasteiger partial charge on any atom is 0.0995 e. The average Bonchev–Trinajstić information content (AvgIpc) is 2.63. The lowest BCUT2D eigenvalue weighted by Crippen LogP contribution is -2.31. The van der Waals surface area contributed by atoms with Gasteiger partial charge < -0.3 is 5.11 Å². The summed E-state index contributed by atoms with van der Waals surface area (Å²) in [5.74, 6) is 0.0168. The zero-order valence-electron chi connectivity index (χ0n) is 14.1. The van der Waals surface area contributed by atoms with Crippen LogP contribution in [0.4, 0.5) is 5.69 Å². The molecule has 0 saturated heterocycles. The van der Waals surface area contributed by atoms with Gasteiger partial charge in [-0.3, -0.25) is 0 Å². The van der Waals surface area contributed by atoms with Crippen LogP contribution in [-0.4, -0.2) is 15.1 Å². The van der Waals surface area contributed by atoms with Gasteiger partial charge in [-0.15, -0.1) is 0 Å². The zero-order chi connectivity index (χ0) is 17.8. The maximum atomic E-state index is 13.8. The molecular formula is C21H21NO2S. The van der Waals surface area contributed by atoms with Gasteiger partial charge in [-0.2, -0.15) is 4.36 Å². The molecule has 0 aliphatic rings. The van der Waals surface area contributed by atoms with Crippen LogP contribution in [0.2, 0.25) is 0 Å². The summed E-state index contributed by atoms with van der Waals surface area (Å²) in [6, 6.07) is 27.7. The molecule has 3 aromatic rings.